The molecule has 28 heavy (non-hydrogen) atoms. The van der Waals surface area contributed by atoms with Crippen molar-refractivity contribution in [3.8, 4) is 0 Å². The van der Waals surface area contributed by atoms with E-state index < -0.39 is 5.91 Å². The molecule has 2 heterocycles. The molecule has 0 aliphatic carbocycles. The van der Waals surface area contributed by atoms with Crippen LogP contribution >= 0.6 is 0 Å². The molecule has 0 saturated carbocycles. The highest BCUT2D eigenvalue weighted by Crippen LogP contribution is 2.17. The maximum absolute atomic E-state index is 11.3. The predicted octanol–water partition coefficient (Wildman–Crippen LogP) is 2.11. The highest BCUT2D eigenvalue weighted by Gasteiger charge is 2.19. The highest BCUT2D eigenvalue weighted by molar-refractivity contribution is 5.92. The first kappa shape index (κ1) is 18.3. The summed E-state index contributed by atoms with van der Waals surface area (Å²) in [6.07, 6.45) is 3.90. The summed E-state index contributed by atoms with van der Waals surface area (Å²) in [5.41, 5.74) is 3.18. The van der Waals surface area contributed by atoms with Gasteiger partial charge in [-0.05, 0) is 22.8 Å². The van der Waals surface area contributed by atoms with Gasteiger partial charge in [0.15, 0.2) is 0 Å². The van der Waals surface area contributed by atoms with Crippen molar-refractivity contribution >= 4 is 22.6 Å². The van der Waals surface area contributed by atoms with Crippen molar-refractivity contribution in [3.05, 3.63) is 66.0 Å². The number of carbonyl (C=O) groups excluding carboxylic acids is 1. The molecule has 4 rings (SSSR count). The molecule has 3 aromatic rings. The summed E-state index contributed by atoms with van der Waals surface area (Å²) in [6, 6.07) is 15.1. The minimum absolute atomic E-state index is 0.236. The fourth-order valence-electron chi connectivity index (χ4n) is 3.52. The van der Waals surface area contributed by atoms with Crippen LogP contribution in [0.4, 0.5) is 5.95 Å². The second-order valence-corrected chi connectivity index (χ2v) is 6.97. The van der Waals surface area contributed by atoms with Crippen LogP contribution < -0.4 is 10.4 Å². The molecule has 144 valence electrons. The maximum atomic E-state index is 11.3. The Bertz CT molecular complexity index is 952. The van der Waals surface area contributed by atoms with Crippen LogP contribution in [0.1, 0.15) is 15.9 Å². The van der Waals surface area contributed by atoms with E-state index in [-0.39, 0.29) is 5.56 Å². The number of benzene rings is 2. The van der Waals surface area contributed by atoms with E-state index in [4.69, 9.17) is 5.21 Å². The molecule has 1 amide bonds. The lowest BCUT2D eigenvalue weighted by molar-refractivity contribution is 0.0705. The number of hydroxylamine groups is 1. The second kappa shape index (κ2) is 8.33. The van der Waals surface area contributed by atoms with E-state index in [1.807, 2.05) is 0 Å². The Hall–Kier alpha value is -3.03. The Morgan fingerprint density at radius 2 is 1.71 bits per heavy atom. The standard InChI is InChI=1S/C21H23N5O2/c27-20(24-28)19-14-22-21(23-15-19)26-11-9-25(10-12-26)8-7-16-5-6-17-3-1-2-4-18(17)13-16/h1-6,13-15,28H,7-12H2,(H,24,27). The lowest BCUT2D eigenvalue weighted by atomic mass is 10.0. The van der Waals surface area contributed by atoms with Gasteiger partial charge in [-0.3, -0.25) is 14.9 Å². The van der Waals surface area contributed by atoms with E-state index in [0.717, 1.165) is 39.1 Å². The number of carbonyl (C=O) groups is 1. The molecule has 2 aromatic carbocycles. The van der Waals surface area contributed by atoms with Gasteiger partial charge in [-0.1, -0.05) is 42.5 Å². The Morgan fingerprint density at radius 1 is 1.00 bits per heavy atom. The quantitative estimate of drug-likeness (QED) is 0.524. The molecule has 1 aromatic heterocycles. The number of aromatic nitrogens is 2. The van der Waals surface area contributed by atoms with Crippen LogP contribution in [0.15, 0.2) is 54.9 Å². The minimum atomic E-state index is -0.606. The lowest BCUT2D eigenvalue weighted by Gasteiger charge is -2.34. The van der Waals surface area contributed by atoms with E-state index in [1.54, 1.807) is 5.48 Å². The molecular formula is C21H23N5O2. The number of fused-ring (bicyclic) bond motifs is 1. The molecule has 0 spiro atoms. The summed E-state index contributed by atoms with van der Waals surface area (Å²) in [5.74, 6) is 0.00808. The average molecular weight is 377 g/mol. The van der Waals surface area contributed by atoms with Gasteiger partial charge in [0, 0.05) is 45.1 Å². The zero-order valence-corrected chi connectivity index (χ0v) is 15.6. The summed E-state index contributed by atoms with van der Waals surface area (Å²) in [5, 5.41) is 11.2. The van der Waals surface area contributed by atoms with Crippen molar-refractivity contribution in [1.82, 2.24) is 20.3 Å². The molecule has 1 aliphatic heterocycles. The molecule has 1 saturated heterocycles. The number of rotatable bonds is 5. The topological polar surface area (TPSA) is 81.6 Å². The largest absolute Gasteiger partial charge is 0.338 e. The van der Waals surface area contributed by atoms with E-state index in [9.17, 15) is 4.79 Å². The fourth-order valence-corrected chi connectivity index (χ4v) is 3.52. The molecule has 1 fully saturated rings. The van der Waals surface area contributed by atoms with Crippen molar-refractivity contribution in [2.24, 2.45) is 0 Å². The van der Waals surface area contributed by atoms with Gasteiger partial charge in [0.1, 0.15) is 0 Å². The van der Waals surface area contributed by atoms with Gasteiger partial charge in [-0.15, -0.1) is 0 Å². The van der Waals surface area contributed by atoms with E-state index in [2.05, 4.69) is 62.2 Å². The normalized spacial score (nSPS) is 15.0. The van der Waals surface area contributed by atoms with Crippen molar-refractivity contribution in [2.75, 3.05) is 37.6 Å². The molecule has 7 nitrogen and oxygen atoms in total. The number of anilines is 1. The molecule has 0 bridgehead atoms. The summed E-state index contributed by atoms with van der Waals surface area (Å²) in [7, 11) is 0. The van der Waals surface area contributed by atoms with E-state index in [1.165, 1.54) is 28.7 Å². The zero-order valence-electron chi connectivity index (χ0n) is 15.6. The van der Waals surface area contributed by atoms with Gasteiger partial charge in [0.25, 0.3) is 5.91 Å². The average Bonchev–Trinajstić information content (AvgIpc) is 2.77. The van der Waals surface area contributed by atoms with Crippen molar-refractivity contribution in [1.29, 1.82) is 0 Å². The predicted molar refractivity (Wildman–Crippen MR) is 108 cm³/mol. The van der Waals surface area contributed by atoms with Crippen molar-refractivity contribution in [3.63, 3.8) is 0 Å². The molecule has 0 radical (unpaired) electrons. The van der Waals surface area contributed by atoms with Crippen LogP contribution in [0.3, 0.4) is 0 Å². The summed E-state index contributed by atoms with van der Waals surface area (Å²) in [4.78, 5) is 24.4. The lowest BCUT2D eigenvalue weighted by Crippen LogP contribution is -2.47. The third kappa shape index (κ3) is 4.11. The van der Waals surface area contributed by atoms with E-state index in [0.29, 0.717) is 5.95 Å². The Labute approximate surface area is 163 Å². The first-order valence-corrected chi connectivity index (χ1v) is 9.44. The molecule has 0 unspecified atom stereocenters. The van der Waals surface area contributed by atoms with Gasteiger partial charge in [-0.25, -0.2) is 15.4 Å². The Morgan fingerprint density at radius 3 is 2.43 bits per heavy atom. The number of amides is 1. The number of piperazine rings is 1. The first-order valence-electron chi connectivity index (χ1n) is 9.44. The molecule has 0 atom stereocenters. The van der Waals surface area contributed by atoms with Crippen LogP contribution in [0.25, 0.3) is 10.8 Å². The number of hydrogen-bond donors (Lipinski definition) is 2. The molecule has 1 aliphatic rings. The molecular weight excluding hydrogens is 354 g/mol. The highest BCUT2D eigenvalue weighted by atomic mass is 16.5. The van der Waals surface area contributed by atoms with Gasteiger partial charge in [-0.2, -0.15) is 0 Å². The summed E-state index contributed by atoms with van der Waals surface area (Å²) < 4.78 is 0. The second-order valence-electron chi connectivity index (χ2n) is 6.97. The zero-order chi connectivity index (χ0) is 19.3. The number of nitrogens with one attached hydrogen (secondary N) is 1. The first-order chi connectivity index (χ1) is 13.7. The SMILES string of the molecule is O=C(NO)c1cnc(N2CCN(CCc3ccc4ccccc4c3)CC2)nc1. The van der Waals surface area contributed by atoms with Gasteiger partial charge in [0.05, 0.1) is 5.56 Å². The third-order valence-corrected chi connectivity index (χ3v) is 5.19. The van der Waals surface area contributed by atoms with Crippen LogP contribution in [0.5, 0.6) is 0 Å². The fraction of sp³-hybridized carbons (Fsp3) is 0.286. The smallest absolute Gasteiger partial charge is 0.277 e. The van der Waals surface area contributed by atoms with Crippen molar-refractivity contribution < 1.29 is 10.0 Å². The molecule has 7 heteroatoms. The number of nitrogens with zero attached hydrogens (tertiary/aromatic N) is 4. The van der Waals surface area contributed by atoms with Gasteiger partial charge >= 0.3 is 0 Å². The Balaban J connectivity index is 1.29. The van der Waals surface area contributed by atoms with Crippen LogP contribution in [0.2, 0.25) is 0 Å². The van der Waals surface area contributed by atoms with Crippen LogP contribution in [-0.2, 0) is 6.42 Å². The van der Waals surface area contributed by atoms with E-state index >= 15 is 0 Å². The third-order valence-electron chi connectivity index (χ3n) is 5.19. The summed E-state index contributed by atoms with van der Waals surface area (Å²) in [6.45, 7) is 4.64. The van der Waals surface area contributed by atoms with Crippen LogP contribution in [-0.4, -0.2) is 58.7 Å². The van der Waals surface area contributed by atoms with Gasteiger partial charge in [0.2, 0.25) is 5.95 Å². The Kier molecular flexibility index (Phi) is 5.45. The number of hydrogen-bond acceptors (Lipinski definition) is 6. The van der Waals surface area contributed by atoms with Crippen LogP contribution in [0, 0.1) is 0 Å². The van der Waals surface area contributed by atoms with Crippen molar-refractivity contribution in [2.45, 2.75) is 6.42 Å². The van der Waals surface area contributed by atoms with Gasteiger partial charge < -0.3 is 4.90 Å². The minimum Gasteiger partial charge on any atom is -0.338 e. The monoisotopic (exact) mass is 377 g/mol. The molecule has 2 N–H and O–H groups in total. The maximum Gasteiger partial charge on any atom is 0.277 e. The summed E-state index contributed by atoms with van der Waals surface area (Å²) >= 11 is 0.